The zero-order valence-corrected chi connectivity index (χ0v) is 14.7. The predicted octanol–water partition coefficient (Wildman–Crippen LogP) is 4.73. The fraction of sp³-hybridized carbons (Fsp3) is 0.158. The lowest BCUT2D eigenvalue weighted by molar-refractivity contribution is 0.102. The van der Waals surface area contributed by atoms with E-state index in [1.165, 1.54) is 12.1 Å². The van der Waals surface area contributed by atoms with Crippen LogP contribution in [0, 0.1) is 19.7 Å². The number of nitrogens with one attached hydrogen (secondary N) is 1. The van der Waals surface area contributed by atoms with E-state index in [4.69, 9.17) is 4.74 Å². The van der Waals surface area contributed by atoms with E-state index < -0.39 is 0 Å². The Kier molecular flexibility index (Phi) is 5.09. The number of carbonyl (C=O) groups is 1. The van der Waals surface area contributed by atoms with Gasteiger partial charge in [0.15, 0.2) is 0 Å². The Balaban J connectivity index is 1.63. The first kappa shape index (κ1) is 17.1. The van der Waals surface area contributed by atoms with Gasteiger partial charge in [0.05, 0.1) is 10.7 Å². The predicted molar refractivity (Wildman–Crippen MR) is 96.7 cm³/mol. The Bertz CT molecular complexity index is 891. The molecule has 0 saturated heterocycles. The van der Waals surface area contributed by atoms with Gasteiger partial charge in [0, 0.05) is 16.6 Å². The molecular formula is C19H17FN2O2S. The van der Waals surface area contributed by atoms with Crippen LogP contribution in [-0.4, -0.2) is 10.9 Å². The number of halogens is 1. The molecule has 1 N–H and O–H groups in total. The maximum absolute atomic E-state index is 13.3. The number of hydrogen-bond donors (Lipinski definition) is 1. The Morgan fingerprint density at radius 1 is 1.20 bits per heavy atom. The molecule has 1 heterocycles. The average molecular weight is 356 g/mol. The third kappa shape index (κ3) is 4.42. The molecule has 0 unspecified atom stereocenters. The summed E-state index contributed by atoms with van der Waals surface area (Å²) in [5.74, 6) is -0.0264. The molecule has 0 aliphatic carbocycles. The first-order chi connectivity index (χ1) is 12.0. The second kappa shape index (κ2) is 7.44. The lowest BCUT2D eigenvalue weighted by Crippen LogP contribution is -2.12. The van der Waals surface area contributed by atoms with E-state index in [2.05, 4.69) is 10.3 Å². The van der Waals surface area contributed by atoms with Gasteiger partial charge in [0.2, 0.25) is 0 Å². The van der Waals surface area contributed by atoms with Crippen LogP contribution in [-0.2, 0) is 6.61 Å². The third-order valence-electron chi connectivity index (χ3n) is 3.62. The van der Waals surface area contributed by atoms with Crippen molar-refractivity contribution >= 4 is 22.9 Å². The maximum Gasteiger partial charge on any atom is 0.255 e. The maximum atomic E-state index is 13.3. The molecule has 0 atom stereocenters. The van der Waals surface area contributed by atoms with Crippen molar-refractivity contribution in [3.8, 4) is 5.75 Å². The monoisotopic (exact) mass is 356 g/mol. The van der Waals surface area contributed by atoms with Crippen LogP contribution in [0.1, 0.15) is 26.6 Å². The molecular weight excluding hydrogens is 339 g/mol. The highest BCUT2D eigenvalue weighted by molar-refractivity contribution is 7.09. The van der Waals surface area contributed by atoms with Crippen LogP contribution >= 0.6 is 11.3 Å². The van der Waals surface area contributed by atoms with Crippen LogP contribution in [0.3, 0.4) is 0 Å². The number of aromatic nitrogens is 1. The third-order valence-corrected chi connectivity index (χ3v) is 4.44. The highest BCUT2D eigenvalue weighted by Gasteiger charge is 2.09. The standard InChI is InChI=1S/C19H17FN2O2S/c1-12-3-6-15(20)9-18(12)22-19(23)14-4-7-17(8-5-14)24-10-16-11-25-13(2)21-16/h3-9,11H,10H2,1-2H3,(H,22,23). The van der Waals surface area contributed by atoms with E-state index >= 15 is 0 Å². The number of rotatable bonds is 5. The summed E-state index contributed by atoms with van der Waals surface area (Å²) in [5, 5.41) is 5.67. The second-order valence-corrected chi connectivity index (χ2v) is 6.65. The molecule has 3 rings (SSSR count). The van der Waals surface area contributed by atoms with Crippen LogP contribution in [0.2, 0.25) is 0 Å². The molecule has 0 aliphatic heterocycles. The molecule has 6 heteroatoms. The van der Waals surface area contributed by atoms with Crippen LogP contribution in [0.25, 0.3) is 0 Å². The molecule has 4 nitrogen and oxygen atoms in total. The molecule has 0 saturated carbocycles. The van der Waals surface area contributed by atoms with Gasteiger partial charge in [-0.25, -0.2) is 9.37 Å². The Morgan fingerprint density at radius 3 is 2.64 bits per heavy atom. The van der Waals surface area contributed by atoms with E-state index in [9.17, 15) is 9.18 Å². The number of hydrogen-bond acceptors (Lipinski definition) is 4. The molecule has 0 spiro atoms. The zero-order chi connectivity index (χ0) is 17.8. The minimum atomic E-state index is -0.387. The molecule has 3 aromatic rings. The van der Waals surface area contributed by atoms with E-state index in [-0.39, 0.29) is 11.7 Å². The number of benzene rings is 2. The smallest absolute Gasteiger partial charge is 0.255 e. The zero-order valence-electron chi connectivity index (χ0n) is 13.9. The quantitative estimate of drug-likeness (QED) is 0.719. The minimum absolute atomic E-state index is 0.296. The largest absolute Gasteiger partial charge is 0.487 e. The fourth-order valence-corrected chi connectivity index (χ4v) is 2.86. The van der Waals surface area contributed by atoms with Crippen LogP contribution in [0.15, 0.2) is 47.8 Å². The van der Waals surface area contributed by atoms with Gasteiger partial charge in [-0.3, -0.25) is 4.79 Å². The summed E-state index contributed by atoms with van der Waals surface area (Å²) in [6.45, 7) is 4.15. The fourth-order valence-electron chi connectivity index (χ4n) is 2.26. The van der Waals surface area contributed by atoms with Gasteiger partial charge < -0.3 is 10.1 Å². The molecule has 25 heavy (non-hydrogen) atoms. The average Bonchev–Trinajstić information content (AvgIpc) is 3.02. The van der Waals surface area contributed by atoms with Crippen molar-refractivity contribution in [1.29, 1.82) is 0 Å². The first-order valence-corrected chi connectivity index (χ1v) is 8.60. The van der Waals surface area contributed by atoms with Crippen molar-refractivity contribution < 1.29 is 13.9 Å². The van der Waals surface area contributed by atoms with Crippen LogP contribution in [0.4, 0.5) is 10.1 Å². The number of aryl methyl sites for hydroxylation is 2. The second-order valence-electron chi connectivity index (χ2n) is 5.58. The van der Waals surface area contributed by atoms with E-state index in [1.54, 1.807) is 41.7 Å². The van der Waals surface area contributed by atoms with Crippen molar-refractivity contribution in [2.24, 2.45) is 0 Å². The molecule has 0 aliphatic rings. The van der Waals surface area contributed by atoms with Crippen molar-refractivity contribution in [2.45, 2.75) is 20.5 Å². The van der Waals surface area contributed by atoms with Crippen LogP contribution < -0.4 is 10.1 Å². The summed E-state index contributed by atoms with van der Waals surface area (Å²) in [5.41, 5.74) is 2.61. The molecule has 0 bridgehead atoms. The van der Waals surface area contributed by atoms with Gasteiger partial charge in [-0.1, -0.05) is 6.07 Å². The van der Waals surface area contributed by atoms with E-state index in [0.29, 0.717) is 23.6 Å². The number of ether oxygens (including phenoxy) is 1. The minimum Gasteiger partial charge on any atom is -0.487 e. The molecule has 2 aromatic carbocycles. The van der Waals surface area contributed by atoms with Gasteiger partial charge in [-0.05, 0) is 55.8 Å². The van der Waals surface area contributed by atoms with Crippen molar-refractivity contribution in [3.63, 3.8) is 0 Å². The van der Waals surface area contributed by atoms with Crippen molar-refractivity contribution in [1.82, 2.24) is 4.98 Å². The lowest BCUT2D eigenvalue weighted by Gasteiger charge is -2.09. The van der Waals surface area contributed by atoms with E-state index in [1.807, 2.05) is 19.2 Å². The molecule has 1 amide bonds. The van der Waals surface area contributed by atoms with Gasteiger partial charge in [-0.2, -0.15) is 0 Å². The van der Waals surface area contributed by atoms with Crippen molar-refractivity contribution in [3.05, 3.63) is 75.5 Å². The SMILES string of the molecule is Cc1nc(COc2ccc(C(=O)Nc3cc(F)ccc3C)cc2)cs1. The number of amides is 1. The van der Waals surface area contributed by atoms with Gasteiger partial charge in [0.25, 0.3) is 5.91 Å². The molecule has 0 fully saturated rings. The molecule has 128 valence electrons. The Hall–Kier alpha value is -2.73. The van der Waals surface area contributed by atoms with Crippen molar-refractivity contribution in [2.75, 3.05) is 5.32 Å². The molecule has 0 radical (unpaired) electrons. The number of thiazole rings is 1. The number of nitrogens with zero attached hydrogens (tertiary/aromatic N) is 1. The van der Waals surface area contributed by atoms with Crippen LogP contribution in [0.5, 0.6) is 5.75 Å². The van der Waals surface area contributed by atoms with Gasteiger partial charge in [-0.15, -0.1) is 11.3 Å². The first-order valence-electron chi connectivity index (χ1n) is 7.72. The number of anilines is 1. The number of carbonyl (C=O) groups excluding carboxylic acids is 1. The molecule has 1 aromatic heterocycles. The topological polar surface area (TPSA) is 51.2 Å². The summed E-state index contributed by atoms with van der Waals surface area (Å²) in [6.07, 6.45) is 0. The summed E-state index contributed by atoms with van der Waals surface area (Å²) in [7, 11) is 0. The lowest BCUT2D eigenvalue weighted by atomic mass is 10.1. The summed E-state index contributed by atoms with van der Waals surface area (Å²) >= 11 is 1.58. The summed E-state index contributed by atoms with van der Waals surface area (Å²) < 4.78 is 19.0. The highest BCUT2D eigenvalue weighted by Crippen LogP contribution is 2.19. The Morgan fingerprint density at radius 2 is 1.96 bits per heavy atom. The highest BCUT2D eigenvalue weighted by atomic mass is 32.1. The summed E-state index contributed by atoms with van der Waals surface area (Å²) in [6, 6.07) is 11.1. The van der Waals surface area contributed by atoms with E-state index in [0.717, 1.165) is 16.3 Å². The van der Waals surface area contributed by atoms with Gasteiger partial charge >= 0.3 is 0 Å². The van der Waals surface area contributed by atoms with Gasteiger partial charge in [0.1, 0.15) is 18.2 Å². The Labute approximate surface area is 149 Å². The summed E-state index contributed by atoms with van der Waals surface area (Å²) in [4.78, 5) is 16.6. The normalized spacial score (nSPS) is 10.5.